The second kappa shape index (κ2) is 6.93. The van der Waals surface area contributed by atoms with Gasteiger partial charge in [-0.3, -0.25) is 14.5 Å². The first-order valence-corrected chi connectivity index (χ1v) is 9.34. The van der Waals surface area contributed by atoms with Crippen molar-refractivity contribution in [1.29, 1.82) is 0 Å². The van der Waals surface area contributed by atoms with Crippen molar-refractivity contribution < 1.29 is 14.0 Å². The summed E-state index contributed by atoms with van der Waals surface area (Å²) in [5.41, 5.74) is 0.236. The monoisotopic (exact) mass is 392 g/mol. The van der Waals surface area contributed by atoms with E-state index in [0.29, 0.717) is 16.3 Å². The van der Waals surface area contributed by atoms with Crippen molar-refractivity contribution in [2.24, 2.45) is 0 Å². The Morgan fingerprint density at radius 1 is 1.27 bits per heavy atom. The van der Waals surface area contributed by atoms with Gasteiger partial charge in [0.15, 0.2) is 0 Å². The summed E-state index contributed by atoms with van der Waals surface area (Å²) in [4.78, 5) is 27.9. The van der Waals surface area contributed by atoms with E-state index in [1.165, 1.54) is 28.8 Å². The molecule has 1 atom stereocenters. The van der Waals surface area contributed by atoms with Crippen LogP contribution in [0.25, 0.3) is 0 Å². The third-order valence-corrected chi connectivity index (χ3v) is 5.65. The number of amides is 2. The van der Waals surface area contributed by atoms with Gasteiger partial charge in [0.1, 0.15) is 11.4 Å². The van der Waals surface area contributed by atoms with Gasteiger partial charge in [0.25, 0.3) is 0 Å². The summed E-state index contributed by atoms with van der Waals surface area (Å²) in [6.45, 7) is 5.18. The highest BCUT2D eigenvalue weighted by atomic mass is 35.5. The normalized spacial score (nSPS) is 16.7. The van der Waals surface area contributed by atoms with Crippen LogP contribution >= 0.6 is 23.4 Å². The molecule has 1 aliphatic rings. The molecule has 0 saturated heterocycles. The van der Waals surface area contributed by atoms with Gasteiger partial charge in [0.2, 0.25) is 11.8 Å². The molecule has 3 rings (SSSR count). The van der Waals surface area contributed by atoms with Crippen molar-refractivity contribution in [1.82, 2.24) is 0 Å². The molecule has 2 amide bonds. The molecule has 0 spiro atoms. The van der Waals surface area contributed by atoms with Gasteiger partial charge in [-0.1, -0.05) is 23.7 Å². The van der Waals surface area contributed by atoms with Crippen LogP contribution in [0.3, 0.4) is 0 Å². The first kappa shape index (κ1) is 18.7. The average Bonchev–Trinajstić information content (AvgIpc) is 2.58. The summed E-state index contributed by atoms with van der Waals surface area (Å²) in [5, 5.41) is 2.36. The lowest BCUT2D eigenvalue weighted by atomic mass is 9.96. The molecule has 0 aliphatic carbocycles. The van der Waals surface area contributed by atoms with Gasteiger partial charge in [-0.25, -0.2) is 4.39 Å². The maximum Gasteiger partial charge on any atom is 0.250 e. The zero-order valence-corrected chi connectivity index (χ0v) is 16.1. The van der Waals surface area contributed by atoms with Gasteiger partial charge < -0.3 is 5.32 Å². The first-order valence-electron chi connectivity index (χ1n) is 8.08. The number of anilines is 2. The minimum Gasteiger partial charge on any atom is -0.322 e. The number of thioether (sulfide) groups is 1. The fraction of sp³-hybridized carbons (Fsp3) is 0.263. The van der Waals surface area contributed by atoms with Crippen LogP contribution in [0, 0.1) is 5.82 Å². The summed E-state index contributed by atoms with van der Waals surface area (Å²) in [6, 6.07) is 11.5. The molecule has 1 unspecified atom stereocenters. The molecule has 2 aromatic rings. The van der Waals surface area contributed by atoms with Crippen LogP contribution < -0.4 is 10.2 Å². The smallest absolute Gasteiger partial charge is 0.250 e. The second-order valence-corrected chi connectivity index (χ2v) is 8.36. The number of hydrogen-bond donors (Lipinski definition) is 1. The molecule has 0 radical (unpaired) electrons. The third-order valence-electron chi connectivity index (χ3n) is 4.28. The highest BCUT2D eigenvalue weighted by Gasteiger charge is 2.44. The third kappa shape index (κ3) is 3.31. The van der Waals surface area contributed by atoms with E-state index in [2.05, 4.69) is 5.32 Å². The number of benzene rings is 2. The number of carbonyl (C=O) groups is 2. The summed E-state index contributed by atoms with van der Waals surface area (Å²) in [6.07, 6.45) is 0. The maximum atomic E-state index is 13.3. The van der Waals surface area contributed by atoms with E-state index >= 15 is 0 Å². The molecule has 0 saturated carbocycles. The predicted octanol–water partition coefficient (Wildman–Crippen LogP) is 4.72. The minimum atomic E-state index is -1.03. The SMILES string of the molecule is CC(Sc1ccc(F)c(Cl)c1)C(=O)N1c2ccccc2NC(=O)C1(C)C. The van der Waals surface area contributed by atoms with Crippen LogP contribution in [0.5, 0.6) is 0 Å². The number of nitrogens with zero attached hydrogens (tertiary/aromatic N) is 1. The fourth-order valence-corrected chi connectivity index (χ4v) is 4.03. The Kier molecular flexibility index (Phi) is 4.99. The Balaban J connectivity index is 1.91. The minimum absolute atomic E-state index is 0.0117. The van der Waals surface area contributed by atoms with Gasteiger partial charge in [-0.2, -0.15) is 0 Å². The quantitative estimate of drug-likeness (QED) is 0.768. The molecule has 136 valence electrons. The summed E-state index contributed by atoms with van der Waals surface area (Å²) >= 11 is 7.09. The molecule has 26 heavy (non-hydrogen) atoms. The van der Waals surface area contributed by atoms with Crippen LogP contribution in [0.2, 0.25) is 5.02 Å². The number of fused-ring (bicyclic) bond motifs is 1. The Hall–Kier alpha value is -2.05. The summed E-state index contributed by atoms with van der Waals surface area (Å²) < 4.78 is 13.3. The van der Waals surface area contributed by atoms with E-state index in [-0.39, 0.29) is 16.8 Å². The standard InChI is InChI=1S/C19H18ClFN2O2S/c1-11(26-12-8-9-14(21)13(20)10-12)17(24)23-16-7-5-4-6-15(16)22-18(25)19(23,2)3/h4-11H,1-3H3,(H,22,25). The lowest BCUT2D eigenvalue weighted by Crippen LogP contribution is -2.60. The van der Waals surface area contributed by atoms with Crippen molar-refractivity contribution in [3.63, 3.8) is 0 Å². The maximum absolute atomic E-state index is 13.3. The first-order chi connectivity index (χ1) is 12.2. The molecule has 7 heteroatoms. The van der Waals surface area contributed by atoms with Gasteiger partial charge in [-0.15, -0.1) is 11.8 Å². The van der Waals surface area contributed by atoms with E-state index in [1.807, 2.05) is 6.07 Å². The molecule has 4 nitrogen and oxygen atoms in total. The molecule has 0 fully saturated rings. The van der Waals surface area contributed by atoms with E-state index in [9.17, 15) is 14.0 Å². The van der Waals surface area contributed by atoms with E-state index in [0.717, 1.165) is 0 Å². The molecule has 1 N–H and O–H groups in total. The van der Waals surface area contributed by atoms with Crippen molar-refractivity contribution in [2.45, 2.75) is 36.5 Å². The van der Waals surface area contributed by atoms with Crippen LogP contribution in [-0.4, -0.2) is 22.6 Å². The van der Waals surface area contributed by atoms with Gasteiger partial charge in [-0.05, 0) is 51.1 Å². The number of hydrogen-bond acceptors (Lipinski definition) is 3. The average molecular weight is 393 g/mol. The molecule has 0 aromatic heterocycles. The second-order valence-electron chi connectivity index (χ2n) is 6.54. The highest BCUT2D eigenvalue weighted by Crippen LogP contribution is 2.39. The molecule has 2 aromatic carbocycles. The summed E-state index contributed by atoms with van der Waals surface area (Å²) in [7, 11) is 0. The molecular formula is C19H18ClFN2O2S. The Morgan fingerprint density at radius 2 is 1.96 bits per heavy atom. The van der Waals surface area contributed by atoms with Crippen molar-refractivity contribution in [3.05, 3.63) is 53.3 Å². The highest BCUT2D eigenvalue weighted by molar-refractivity contribution is 8.00. The van der Waals surface area contributed by atoms with Crippen LogP contribution in [0.1, 0.15) is 20.8 Å². The predicted molar refractivity (Wildman–Crippen MR) is 103 cm³/mol. The van der Waals surface area contributed by atoms with Gasteiger partial charge >= 0.3 is 0 Å². The topological polar surface area (TPSA) is 49.4 Å². The Morgan fingerprint density at radius 3 is 2.65 bits per heavy atom. The Bertz CT molecular complexity index is 888. The molecule has 1 aliphatic heterocycles. The number of para-hydroxylation sites is 2. The molecular weight excluding hydrogens is 375 g/mol. The van der Waals surface area contributed by atoms with Crippen molar-refractivity contribution >= 4 is 46.6 Å². The lowest BCUT2D eigenvalue weighted by Gasteiger charge is -2.43. The number of carbonyl (C=O) groups excluding carboxylic acids is 2. The molecule has 0 bridgehead atoms. The van der Waals surface area contributed by atoms with E-state index < -0.39 is 16.6 Å². The number of rotatable bonds is 3. The number of halogens is 2. The van der Waals surface area contributed by atoms with Crippen molar-refractivity contribution in [3.8, 4) is 0 Å². The summed E-state index contributed by atoms with van der Waals surface area (Å²) in [5.74, 6) is -0.952. The van der Waals surface area contributed by atoms with E-state index in [1.54, 1.807) is 45.0 Å². The zero-order valence-electron chi connectivity index (χ0n) is 14.5. The van der Waals surface area contributed by atoms with Crippen LogP contribution in [0.4, 0.5) is 15.8 Å². The zero-order chi connectivity index (χ0) is 19.1. The van der Waals surface area contributed by atoms with Crippen LogP contribution in [-0.2, 0) is 9.59 Å². The van der Waals surface area contributed by atoms with Crippen molar-refractivity contribution in [2.75, 3.05) is 10.2 Å². The largest absolute Gasteiger partial charge is 0.322 e. The van der Waals surface area contributed by atoms with Gasteiger partial charge in [0, 0.05) is 4.90 Å². The lowest BCUT2D eigenvalue weighted by molar-refractivity contribution is -0.126. The number of nitrogens with one attached hydrogen (secondary N) is 1. The molecule has 1 heterocycles. The van der Waals surface area contributed by atoms with E-state index in [4.69, 9.17) is 11.6 Å². The van der Waals surface area contributed by atoms with Gasteiger partial charge in [0.05, 0.1) is 21.6 Å². The van der Waals surface area contributed by atoms with Crippen LogP contribution in [0.15, 0.2) is 47.4 Å². The Labute approximate surface area is 160 Å². The fourth-order valence-electron chi connectivity index (χ4n) is 2.83.